The van der Waals surface area contributed by atoms with Crippen molar-refractivity contribution in [1.29, 1.82) is 0 Å². The Bertz CT molecular complexity index is 524. The molecule has 1 saturated carbocycles. The van der Waals surface area contributed by atoms with Crippen LogP contribution in [0.4, 0.5) is 10.5 Å². The molecular weight excluding hydrogens is 266 g/mol. The van der Waals surface area contributed by atoms with E-state index in [-0.39, 0.29) is 17.9 Å². The van der Waals surface area contributed by atoms with Crippen LogP contribution >= 0.6 is 0 Å². The van der Waals surface area contributed by atoms with Gasteiger partial charge in [-0.05, 0) is 24.5 Å². The fourth-order valence-corrected chi connectivity index (χ4v) is 2.75. The largest absolute Gasteiger partial charge is 0.339 e. The van der Waals surface area contributed by atoms with Gasteiger partial charge in [0.15, 0.2) is 0 Å². The molecule has 2 aliphatic rings. The van der Waals surface area contributed by atoms with Gasteiger partial charge in [-0.25, -0.2) is 4.79 Å². The van der Waals surface area contributed by atoms with Crippen LogP contribution < -0.4 is 5.32 Å². The second-order valence-electron chi connectivity index (χ2n) is 5.93. The van der Waals surface area contributed by atoms with Crippen molar-refractivity contribution in [1.82, 2.24) is 9.80 Å². The highest BCUT2D eigenvalue weighted by molar-refractivity contribution is 5.89. The molecular formula is C16H21N3O2. The van der Waals surface area contributed by atoms with Crippen molar-refractivity contribution in [3.63, 3.8) is 0 Å². The van der Waals surface area contributed by atoms with Gasteiger partial charge in [-0.1, -0.05) is 25.1 Å². The molecule has 3 amide bonds. The molecule has 5 nitrogen and oxygen atoms in total. The van der Waals surface area contributed by atoms with Crippen LogP contribution in [0.3, 0.4) is 0 Å². The topological polar surface area (TPSA) is 52.7 Å². The van der Waals surface area contributed by atoms with E-state index in [1.807, 2.05) is 35.2 Å². The summed E-state index contributed by atoms with van der Waals surface area (Å²) in [7, 11) is 0. The molecule has 21 heavy (non-hydrogen) atoms. The molecule has 2 atom stereocenters. The first kappa shape index (κ1) is 13.9. The molecule has 2 fully saturated rings. The van der Waals surface area contributed by atoms with Crippen molar-refractivity contribution in [3.05, 3.63) is 30.3 Å². The Labute approximate surface area is 124 Å². The fraction of sp³-hybridized carbons (Fsp3) is 0.500. The van der Waals surface area contributed by atoms with Gasteiger partial charge in [0.05, 0.1) is 0 Å². The van der Waals surface area contributed by atoms with Gasteiger partial charge < -0.3 is 15.1 Å². The first-order valence-electron chi connectivity index (χ1n) is 7.55. The molecule has 0 spiro atoms. The number of piperazine rings is 1. The molecule has 1 aliphatic carbocycles. The molecule has 1 heterocycles. The monoisotopic (exact) mass is 287 g/mol. The Balaban J connectivity index is 1.49. The van der Waals surface area contributed by atoms with E-state index in [2.05, 4.69) is 12.2 Å². The summed E-state index contributed by atoms with van der Waals surface area (Å²) in [6.45, 7) is 4.61. The number of para-hydroxylation sites is 1. The van der Waals surface area contributed by atoms with Crippen LogP contribution in [0.15, 0.2) is 30.3 Å². The molecule has 3 rings (SSSR count). The number of nitrogens with zero attached hydrogens (tertiary/aromatic N) is 2. The average Bonchev–Trinajstić information content (AvgIpc) is 3.24. The maximum absolute atomic E-state index is 12.2. The second kappa shape index (κ2) is 5.76. The van der Waals surface area contributed by atoms with Gasteiger partial charge >= 0.3 is 6.03 Å². The second-order valence-corrected chi connectivity index (χ2v) is 5.93. The number of carbonyl (C=O) groups is 2. The Morgan fingerprint density at radius 2 is 1.62 bits per heavy atom. The Morgan fingerprint density at radius 1 is 1.05 bits per heavy atom. The average molecular weight is 287 g/mol. The lowest BCUT2D eigenvalue weighted by Gasteiger charge is -2.35. The van der Waals surface area contributed by atoms with E-state index in [1.54, 1.807) is 4.90 Å². The number of anilines is 1. The van der Waals surface area contributed by atoms with Gasteiger partial charge in [0, 0.05) is 37.8 Å². The maximum Gasteiger partial charge on any atom is 0.321 e. The van der Waals surface area contributed by atoms with Crippen LogP contribution in [0.25, 0.3) is 0 Å². The van der Waals surface area contributed by atoms with Gasteiger partial charge in [0.2, 0.25) is 5.91 Å². The number of hydrogen-bond acceptors (Lipinski definition) is 2. The van der Waals surface area contributed by atoms with Crippen LogP contribution in [0.2, 0.25) is 0 Å². The highest BCUT2D eigenvalue weighted by Crippen LogP contribution is 2.39. The summed E-state index contributed by atoms with van der Waals surface area (Å²) in [5.74, 6) is 1.04. The van der Waals surface area contributed by atoms with Crippen molar-refractivity contribution >= 4 is 17.6 Å². The standard InChI is InChI=1S/C16H21N3O2/c1-12-11-14(12)15(20)18-7-9-19(10-8-18)16(21)17-13-5-3-2-4-6-13/h2-6,12,14H,7-11H2,1H3,(H,17,21). The molecule has 1 N–H and O–H groups in total. The van der Waals surface area contributed by atoms with E-state index >= 15 is 0 Å². The van der Waals surface area contributed by atoms with Gasteiger partial charge in [0.25, 0.3) is 0 Å². The first-order valence-corrected chi connectivity index (χ1v) is 7.55. The molecule has 112 valence electrons. The predicted molar refractivity (Wildman–Crippen MR) is 80.9 cm³/mol. The molecule has 0 bridgehead atoms. The Morgan fingerprint density at radius 3 is 2.19 bits per heavy atom. The predicted octanol–water partition coefficient (Wildman–Crippen LogP) is 2.02. The van der Waals surface area contributed by atoms with Crippen molar-refractivity contribution in [2.45, 2.75) is 13.3 Å². The minimum atomic E-state index is -0.0897. The van der Waals surface area contributed by atoms with Gasteiger partial charge in [0.1, 0.15) is 0 Å². The normalized spacial score (nSPS) is 24.6. The lowest BCUT2D eigenvalue weighted by Crippen LogP contribution is -2.52. The van der Waals surface area contributed by atoms with E-state index < -0.39 is 0 Å². The number of urea groups is 1. The van der Waals surface area contributed by atoms with Crippen LogP contribution in [-0.4, -0.2) is 47.9 Å². The number of hydrogen-bond donors (Lipinski definition) is 1. The molecule has 2 unspecified atom stereocenters. The lowest BCUT2D eigenvalue weighted by atomic mass is 10.2. The van der Waals surface area contributed by atoms with E-state index in [4.69, 9.17) is 0 Å². The number of amides is 3. The third-order valence-corrected chi connectivity index (χ3v) is 4.33. The van der Waals surface area contributed by atoms with E-state index in [0.717, 1.165) is 12.1 Å². The fourth-order valence-electron chi connectivity index (χ4n) is 2.75. The molecule has 1 aromatic carbocycles. The summed E-state index contributed by atoms with van der Waals surface area (Å²) in [6.07, 6.45) is 1.02. The summed E-state index contributed by atoms with van der Waals surface area (Å²) in [4.78, 5) is 28.0. The smallest absolute Gasteiger partial charge is 0.321 e. The summed E-state index contributed by atoms with van der Waals surface area (Å²) in [5.41, 5.74) is 0.799. The van der Waals surface area contributed by atoms with Gasteiger partial charge in [-0.15, -0.1) is 0 Å². The summed E-state index contributed by atoms with van der Waals surface area (Å²) < 4.78 is 0. The summed E-state index contributed by atoms with van der Waals surface area (Å²) in [6, 6.07) is 9.34. The van der Waals surface area contributed by atoms with Crippen molar-refractivity contribution in [2.24, 2.45) is 11.8 Å². The zero-order valence-corrected chi connectivity index (χ0v) is 12.3. The molecule has 1 aliphatic heterocycles. The quantitative estimate of drug-likeness (QED) is 0.904. The Kier molecular flexibility index (Phi) is 3.82. The van der Waals surface area contributed by atoms with Crippen LogP contribution in [0.5, 0.6) is 0 Å². The third-order valence-electron chi connectivity index (χ3n) is 4.33. The van der Waals surface area contributed by atoms with Crippen molar-refractivity contribution in [3.8, 4) is 0 Å². The highest BCUT2D eigenvalue weighted by atomic mass is 16.2. The van der Waals surface area contributed by atoms with Crippen LogP contribution in [0.1, 0.15) is 13.3 Å². The number of nitrogens with one attached hydrogen (secondary N) is 1. The van der Waals surface area contributed by atoms with E-state index in [1.165, 1.54) is 0 Å². The summed E-state index contributed by atoms with van der Waals surface area (Å²) >= 11 is 0. The van der Waals surface area contributed by atoms with E-state index in [9.17, 15) is 9.59 Å². The lowest BCUT2D eigenvalue weighted by molar-refractivity contribution is -0.134. The molecule has 0 radical (unpaired) electrons. The van der Waals surface area contributed by atoms with Gasteiger partial charge in [-0.2, -0.15) is 0 Å². The number of rotatable bonds is 2. The zero-order valence-electron chi connectivity index (χ0n) is 12.3. The SMILES string of the molecule is CC1CC1C(=O)N1CCN(C(=O)Nc2ccccc2)CC1. The van der Waals surface area contributed by atoms with Crippen molar-refractivity contribution in [2.75, 3.05) is 31.5 Å². The molecule has 0 aromatic heterocycles. The first-order chi connectivity index (χ1) is 10.1. The molecule has 1 aromatic rings. The van der Waals surface area contributed by atoms with Crippen LogP contribution in [0, 0.1) is 11.8 Å². The minimum absolute atomic E-state index is 0.0897. The number of carbonyl (C=O) groups excluding carboxylic acids is 2. The Hall–Kier alpha value is -2.04. The zero-order chi connectivity index (χ0) is 14.8. The summed E-state index contributed by atoms with van der Waals surface area (Å²) in [5, 5.41) is 2.88. The minimum Gasteiger partial charge on any atom is -0.339 e. The molecule has 1 saturated heterocycles. The highest BCUT2D eigenvalue weighted by Gasteiger charge is 2.42. The van der Waals surface area contributed by atoms with E-state index in [0.29, 0.717) is 32.1 Å². The van der Waals surface area contributed by atoms with Crippen LogP contribution in [-0.2, 0) is 4.79 Å². The van der Waals surface area contributed by atoms with Crippen molar-refractivity contribution < 1.29 is 9.59 Å². The maximum atomic E-state index is 12.2. The molecule has 5 heteroatoms. The number of benzene rings is 1. The third kappa shape index (κ3) is 3.17. The van der Waals surface area contributed by atoms with Gasteiger partial charge in [-0.3, -0.25) is 4.79 Å².